The Labute approximate surface area is 163 Å². The molecule has 1 aliphatic carbocycles. The maximum absolute atomic E-state index is 9.65. The normalized spacial score (nSPS) is 21.8. The molecule has 0 atom stereocenters. The van der Waals surface area contributed by atoms with E-state index in [1.54, 1.807) is 0 Å². The summed E-state index contributed by atoms with van der Waals surface area (Å²) in [4.78, 5) is 2.27. The van der Waals surface area contributed by atoms with Gasteiger partial charge in [0, 0.05) is 26.2 Å². The Bertz CT molecular complexity index is 771. The second kappa shape index (κ2) is 7.63. The van der Waals surface area contributed by atoms with Crippen LogP contribution in [0.15, 0.2) is 16.6 Å². The Balaban J connectivity index is 1.29. The first kappa shape index (κ1) is 18.5. The van der Waals surface area contributed by atoms with Crippen LogP contribution in [0.3, 0.4) is 0 Å². The number of benzene rings is 1. The van der Waals surface area contributed by atoms with Gasteiger partial charge in [-0.1, -0.05) is 5.21 Å². The lowest BCUT2D eigenvalue weighted by atomic mass is 10.3. The van der Waals surface area contributed by atoms with Crippen LogP contribution in [0.2, 0.25) is 0 Å². The van der Waals surface area contributed by atoms with E-state index in [1.807, 2.05) is 16.8 Å². The summed E-state index contributed by atoms with van der Waals surface area (Å²) in [7, 11) is -2.31. The van der Waals surface area contributed by atoms with Crippen LogP contribution < -0.4 is 4.74 Å². The first-order valence-electron chi connectivity index (χ1n) is 9.12. The quantitative estimate of drug-likeness (QED) is 0.636. The number of hydrogen-bond acceptors (Lipinski definition) is 6. The molecule has 1 aromatic carbocycles. The van der Waals surface area contributed by atoms with E-state index >= 15 is 0 Å². The number of fused-ring (bicyclic) bond motifs is 1. The van der Waals surface area contributed by atoms with Crippen molar-refractivity contribution in [2.75, 3.05) is 37.7 Å². The first-order chi connectivity index (χ1) is 12.5. The molecule has 1 aromatic heterocycles. The molecule has 2 fully saturated rings. The van der Waals surface area contributed by atoms with Crippen LogP contribution in [-0.2, 0) is 6.54 Å². The van der Waals surface area contributed by atoms with Gasteiger partial charge in [-0.15, -0.1) is 5.10 Å². The Morgan fingerprint density at radius 3 is 2.73 bits per heavy atom. The molecule has 144 valence electrons. The molecular formula is C17H25BrN4O3S. The van der Waals surface area contributed by atoms with E-state index in [0.29, 0.717) is 18.1 Å². The lowest BCUT2D eigenvalue weighted by Gasteiger charge is -2.40. The molecule has 0 unspecified atom stereocenters. The van der Waals surface area contributed by atoms with Crippen molar-refractivity contribution in [2.45, 2.75) is 25.8 Å². The highest BCUT2D eigenvalue weighted by Gasteiger charge is 2.24. The van der Waals surface area contributed by atoms with E-state index in [1.165, 1.54) is 12.8 Å². The number of halogens is 1. The van der Waals surface area contributed by atoms with Crippen molar-refractivity contribution in [1.82, 2.24) is 19.9 Å². The van der Waals surface area contributed by atoms with Crippen LogP contribution in [0.1, 0.15) is 19.3 Å². The molecule has 0 radical (unpaired) electrons. The van der Waals surface area contributed by atoms with Crippen molar-refractivity contribution in [1.29, 1.82) is 0 Å². The number of ether oxygens (including phenoxy) is 1. The Morgan fingerprint density at radius 2 is 2.00 bits per heavy atom. The van der Waals surface area contributed by atoms with E-state index in [0.717, 1.165) is 59.8 Å². The number of nitrogens with zero attached hydrogens (tertiary/aromatic N) is 4. The predicted molar refractivity (Wildman–Crippen MR) is 107 cm³/mol. The maximum atomic E-state index is 9.65. The van der Waals surface area contributed by atoms with Crippen LogP contribution in [0.25, 0.3) is 11.0 Å². The molecule has 1 saturated carbocycles. The highest BCUT2D eigenvalue weighted by Crippen LogP contribution is 2.40. The van der Waals surface area contributed by atoms with Gasteiger partial charge in [-0.2, -0.15) is 10.6 Å². The fraction of sp³-hybridized carbons (Fsp3) is 0.647. The zero-order valence-electron chi connectivity index (χ0n) is 14.7. The van der Waals surface area contributed by atoms with Gasteiger partial charge in [0.25, 0.3) is 0 Å². The molecule has 1 saturated heterocycles. The van der Waals surface area contributed by atoms with Crippen LogP contribution in [0.5, 0.6) is 5.75 Å². The summed E-state index contributed by atoms with van der Waals surface area (Å²) in [5, 5.41) is 8.59. The standard InChI is InChI=1S/C17H25BrN4O3S/c18-16-15(25-9-1-6-21-7-10-26(23,24)11-8-21)5-4-14-17(16)19-20-22(14)12-13-2-3-13/h4-5,13,23-24H,1-3,6-12H2. The molecule has 7 nitrogen and oxygen atoms in total. The molecule has 0 bridgehead atoms. The van der Waals surface area contributed by atoms with Crippen LogP contribution in [-0.4, -0.2) is 66.7 Å². The summed E-state index contributed by atoms with van der Waals surface area (Å²) >= 11 is 3.61. The van der Waals surface area contributed by atoms with Gasteiger partial charge in [0.05, 0.1) is 28.1 Å². The molecule has 0 amide bonds. The van der Waals surface area contributed by atoms with E-state index in [-0.39, 0.29) is 0 Å². The summed E-state index contributed by atoms with van der Waals surface area (Å²) in [5.74, 6) is 2.54. The molecule has 0 spiro atoms. The molecule has 26 heavy (non-hydrogen) atoms. The zero-order valence-corrected chi connectivity index (χ0v) is 17.1. The highest BCUT2D eigenvalue weighted by atomic mass is 79.9. The lowest BCUT2D eigenvalue weighted by molar-refractivity contribution is 0.241. The first-order valence-corrected chi connectivity index (χ1v) is 11.8. The number of hydrogen-bond donors (Lipinski definition) is 2. The molecule has 4 rings (SSSR count). The van der Waals surface area contributed by atoms with Gasteiger partial charge in [0.15, 0.2) is 0 Å². The average Bonchev–Trinajstić information content (AvgIpc) is 3.33. The third kappa shape index (κ3) is 4.33. The van der Waals surface area contributed by atoms with E-state index in [2.05, 4.69) is 31.1 Å². The van der Waals surface area contributed by atoms with E-state index in [4.69, 9.17) is 4.74 Å². The molecule has 2 N–H and O–H groups in total. The Kier molecular flexibility index (Phi) is 5.43. The molecule has 1 aliphatic heterocycles. The fourth-order valence-electron chi connectivity index (χ4n) is 3.24. The second-order valence-electron chi connectivity index (χ2n) is 7.21. The topological polar surface area (TPSA) is 83.6 Å². The van der Waals surface area contributed by atoms with Crippen LogP contribution in [0.4, 0.5) is 0 Å². The number of aromatic nitrogens is 3. The largest absolute Gasteiger partial charge is 0.492 e. The molecule has 2 aromatic rings. The van der Waals surface area contributed by atoms with Gasteiger partial charge < -0.3 is 9.64 Å². The lowest BCUT2D eigenvalue weighted by Crippen LogP contribution is -2.39. The SMILES string of the molecule is OS1(O)CCN(CCCOc2ccc3c(nnn3CC3CC3)c2Br)CC1. The van der Waals surface area contributed by atoms with Gasteiger partial charge >= 0.3 is 0 Å². The summed E-state index contributed by atoms with van der Waals surface area (Å²) in [6, 6.07) is 4.02. The van der Waals surface area contributed by atoms with Crippen molar-refractivity contribution in [3.8, 4) is 5.75 Å². The summed E-state index contributed by atoms with van der Waals surface area (Å²) < 4.78 is 28.1. The van der Waals surface area contributed by atoms with Gasteiger partial charge in [-0.3, -0.25) is 9.11 Å². The smallest absolute Gasteiger partial charge is 0.135 e. The molecule has 2 heterocycles. The van der Waals surface area contributed by atoms with Crippen LogP contribution >= 0.6 is 26.5 Å². The minimum Gasteiger partial charge on any atom is -0.492 e. The average molecular weight is 445 g/mol. The third-order valence-electron chi connectivity index (χ3n) is 5.06. The highest BCUT2D eigenvalue weighted by molar-refractivity contribution is 9.10. The van der Waals surface area contributed by atoms with Crippen molar-refractivity contribution >= 4 is 37.6 Å². The van der Waals surface area contributed by atoms with Gasteiger partial charge in [0.2, 0.25) is 0 Å². The molecule has 9 heteroatoms. The minimum atomic E-state index is -2.31. The molecular weight excluding hydrogens is 420 g/mol. The van der Waals surface area contributed by atoms with Crippen molar-refractivity contribution in [2.24, 2.45) is 5.92 Å². The van der Waals surface area contributed by atoms with Gasteiger partial charge in [0.1, 0.15) is 11.3 Å². The summed E-state index contributed by atoms with van der Waals surface area (Å²) in [5.41, 5.74) is 1.90. The summed E-state index contributed by atoms with van der Waals surface area (Å²) in [6.07, 6.45) is 3.48. The van der Waals surface area contributed by atoms with Gasteiger partial charge in [-0.25, -0.2) is 4.68 Å². The van der Waals surface area contributed by atoms with E-state index in [9.17, 15) is 9.11 Å². The fourth-order valence-corrected chi connectivity index (χ4v) is 5.07. The second-order valence-corrected chi connectivity index (χ2v) is 10.4. The third-order valence-corrected chi connectivity index (χ3v) is 7.50. The van der Waals surface area contributed by atoms with Crippen molar-refractivity contribution in [3.63, 3.8) is 0 Å². The van der Waals surface area contributed by atoms with E-state index < -0.39 is 10.6 Å². The monoisotopic (exact) mass is 444 g/mol. The minimum absolute atomic E-state index is 0.493. The maximum Gasteiger partial charge on any atom is 0.135 e. The predicted octanol–water partition coefficient (Wildman–Crippen LogP) is 3.44. The zero-order chi connectivity index (χ0) is 18.1. The van der Waals surface area contributed by atoms with Gasteiger partial charge in [-0.05, 0) is 53.2 Å². The number of rotatable bonds is 7. The Hall–Kier alpha value is -0.870. The van der Waals surface area contributed by atoms with Crippen LogP contribution in [0, 0.1) is 5.92 Å². The Morgan fingerprint density at radius 1 is 1.23 bits per heavy atom. The van der Waals surface area contributed by atoms with Crippen molar-refractivity contribution in [3.05, 3.63) is 16.6 Å². The van der Waals surface area contributed by atoms with Crippen molar-refractivity contribution < 1.29 is 13.8 Å². The molecule has 2 aliphatic rings. The summed E-state index contributed by atoms with van der Waals surface area (Å²) in [6.45, 7) is 3.98.